The molecule has 1 aromatic rings. The number of rotatable bonds is 5. The number of hydrogen-bond donors (Lipinski definition) is 1. The number of carbonyl (C=O) groups excluding carboxylic acids is 2. The summed E-state index contributed by atoms with van der Waals surface area (Å²) in [5.74, 6) is -0.341. The first-order valence-corrected chi connectivity index (χ1v) is 6.59. The summed E-state index contributed by atoms with van der Waals surface area (Å²) in [6.07, 6.45) is 3.87. The van der Waals surface area contributed by atoms with Crippen LogP contribution in [0.1, 0.15) is 9.67 Å². The second-order valence-corrected chi connectivity index (χ2v) is 5.01. The van der Waals surface area contributed by atoms with Crippen LogP contribution in [0.5, 0.6) is 0 Å². The Morgan fingerprint density at radius 3 is 2.83 bits per heavy atom. The van der Waals surface area contributed by atoms with Gasteiger partial charge in [0.2, 0.25) is 0 Å². The second-order valence-electron chi connectivity index (χ2n) is 3.15. The topological polar surface area (TPSA) is 58.5 Å². The fourth-order valence-electron chi connectivity index (χ4n) is 1.10. The van der Waals surface area contributed by atoms with Gasteiger partial charge in [0.25, 0.3) is 5.91 Å². The number of halogens is 1. The summed E-state index contributed by atoms with van der Waals surface area (Å²) in [6.45, 7) is 3.57. The third-order valence-electron chi connectivity index (χ3n) is 1.94. The third kappa shape index (κ3) is 4.05. The zero-order valence-electron chi connectivity index (χ0n) is 9.64. The van der Waals surface area contributed by atoms with E-state index in [0.29, 0.717) is 15.0 Å². The van der Waals surface area contributed by atoms with Crippen molar-refractivity contribution < 1.29 is 9.59 Å². The molecule has 1 heterocycles. The molecule has 0 saturated heterocycles. The fourth-order valence-corrected chi connectivity index (χ4v) is 1.95. The molecule has 1 amide bonds. The molecule has 0 aliphatic rings. The summed E-state index contributed by atoms with van der Waals surface area (Å²) in [4.78, 5) is 26.8. The molecule has 0 fully saturated rings. The zero-order valence-corrected chi connectivity index (χ0v) is 12.0. The minimum Gasteiger partial charge on any atom is -0.320 e. The first kappa shape index (κ1) is 14.5. The Balaban J connectivity index is 2.80. The number of allylic oxidation sites excluding steroid dienone is 2. The molecule has 1 N–H and O–H groups in total. The van der Waals surface area contributed by atoms with E-state index in [4.69, 9.17) is 0 Å². The predicted octanol–water partition coefficient (Wildman–Crippen LogP) is 3.03. The van der Waals surface area contributed by atoms with E-state index < -0.39 is 0 Å². The fraction of sp³-hybridized carbons (Fsp3) is 0.0833. The molecule has 0 radical (unpaired) electrons. The Morgan fingerprint density at radius 1 is 1.61 bits per heavy atom. The van der Waals surface area contributed by atoms with Gasteiger partial charge in [-0.05, 0) is 12.1 Å². The van der Waals surface area contributed by atoms with Gasteiger partial charge in [-0.2, -0.15) is 0 Å². The van der Waals surface area contributed by atoms with Gasteiger partial charge in [0.05, 0.1) is 10.6 Å². The number of nitrogens with one attached hydrogen (secondary N) is 1. The van der Waals surface area contributed by atoms with Gasteiger partial charge in [-0.15, -0.1) is 11.3 Å². The van der Waals surface area contributed by atoms with Gasteiger partial charge in [0.1, 0.15) is 5.71 Å². The van der Waals surface area contributed by atoms with E-state index in [0.717, 1.165) is 6.29 Å². The molecule has 0 aliphatic carbocycles. The van der Waals surface area contributed by atoms with Crippen molar-refractivity contribution in [3.05, 3.63) is 39.5 Å². The highest BCUT2D eigenvalue weighted by atomic mass is 79.9. The molecule has 0 spiro atoms. The van der Waals surface area contributed by atoms with Gasteiger partial charge < -0.3 is 5.32 Å². The average Bonchev–Trinajstić information content (AvgIpc) is 2.82. The lowest BCUT2D eigenvalue weighted by Crippen LogP contribution is -2.21. The molecule has 6 heteroatoms. The van der Waals surface area contributed by atoms with Crippen molar-refractivity contribution in [3.63, 3.8) is 0 Å². The SMILES string of the molecule is C=C/C(Br)=C\C(=NC)C(=O)Nc1csc(C=O)c1. The van der Waals surface area contributed by atoms with Crippen LogP contribution in [0.25, 0.3) is 0 Å². The maximum Gasteiger partial charge on any atom is 0.273 e. The number of anilines is 1. The number of carbonyl (C=O) groups is 2. The Kier molecular flexibility index (Phi) is 5.67. The van der Waals surface area contributed by atoms with Crippen molar-refractivity contribution in [2.75, 3.05) is 12.4 Å². The summed E-state index contributed by atoms with van der Waals surface area (Å²) in [7, 11) is 1.53. The number of aliphatic imine (C=N–C) groups is 1. The molecule has 0 aliphatic heterocycles. The average molecular weight is 327 g/mol. The minimum atomic E-state index is -0.341. The first-order valence-electron chi connectivity index (χ1n) is 4.92. The van der Waals surface area contributed by atoms with E-state index in [1.165, 1.54) is 18.4 Å². The molecule has 0 atom stereocenters. The van der Waals surface area contributed by atoms with E-state index in [1.807, 2.05) is 0 Å². The monoisotopic (exact) mass is 326 g/mol. The van der Waals surface area contributed by atoms with Crippen molar-refractivity contribution in [2.24, 2.45) is 4.99 Å². The number of hydrogen-bond acceptors (Lipinski definition) is 4. The van der Waals surface area contributed by atoms with Crippen LogP contribution in [-0.4, -0.2) is 25.0 Å². The molecular weight excluding hydrogens is 316 g/mol. The molecule has 18 heavy (non-hydrogen) atoms. The van der Waals surface area contributed by atoms with Gasteiger partial charge in [-0.1, -0.05) is 28.6 Å². The van der Waals surface area contributed by atoms with Crippen molar-refractivity contribution in [3.8, 4) is 0 Å². The van der Waals surface area contributed by atoms with Crippen molar-refractivity contribution >= 4 is 50.9 Å². The first-order chi connectivity index (χ1) is 8.60. The number of aldehydes is 1. The molecule has 4 nitrogen and oxygen atoms in total. The lowest BCUT2D eigenvalue weighted by atomic mass is 10.3. The number of nitrogens with zero attached hydrogens (tertiary/aromatic N) is 1. The standard InChI is InChI=1S/C12H11BrN2O2S/c1-3-8(13)4-11(14-2)12(17)15-9-5-10(6-16)18-7-9/h3-7H,1H2,2H3,(H,15,17)/b8-4+,14-11?. The Hall–Kier alpha value is -1.53. The Labute approximate surface area is 117 Å². The lowest BCUT2D eigenvalue weighted by molar-refractivity contribution is -0.110. The van der Waals surface area contributed by atoms with Gasteiger partial charge in [-0.3, -0.25) is 14.6 Å². The molecule has 0 aromatic carbocycles. The highest BCUT2D eigenvalue weighted by Crippen LogP contribution is 2.17. The lowest BCUT2D eigenvalue weighted by Gasteiger charge is -2.02. The highest BCUT2D eigenvalue weighted by molar-refractivity contribution is 9.11. The van der Waals surface area contributed by atoms with Crippen molar-refractivity contribution in [1.82, 2.24) is 0 Å². The van der Waals surface area contributed by atoms with E-state index in [1.54, 1.807) is 23.6 Å². The zero-order chi connectivity index (χ0) is 13.5. The quantitative estimate of drug-likeness (QED) is 0.513. The molecular formula is C12H11BrN2O2S. The molecule has 0 unspecified atom stereocenters. The van der Waals surface area contributed by atoms with Crippen LogP contribution in [0.4, 0.5) is 5.69 Å². The van der Waals surface area contributed by atoms with Crippen LogP contribution in [-0.2, 0) is 4.79 Å². The largest absolute Gasteiger partial charge is 0.320 e. The van der Waals surface area contributed by atoms with Crippen LogP contribution in [0.15, 0.2) is 39.7 Å². The highest BCUT2D eigenvalue weighted by Gasteiger charge is 2.10. The smallest absolute Gasteiger partial charge is 0.273 e. The Bertz CT molecular complexity index is 532. The second kappa shape index (κ2) is 7.03. The van der Waals surface area contributed by atoms with Crippen molar-refractivity contribution in [2.45, 2.75) is 0 Å². The summed E-state index contributed by atoms with van der Waals surface area (Å²) < 4.78 is 0.664. The minimum absolute atomic E-state index is 0.264. The predicted molar refractivity (Wildman–Crippen MR) is 78.9 cm³/mol. The maximum atomic E-state index is 11.9. The summed E-state index contributed by atoms with van der Waals surface area (Å²) in [5.41, 5.74) is 0.844. The third-order valence-corrected chi connectivity index (χ3v) is 3.35. The molecule has 0 saturated carbocycles. The van der Waals surface area contributed by atoms with Gasteiger partial charge in [0, 0.05) is 16.9 Å². The van der Waals surface area contributed by atoms with E-state index in [2.05, 4.69) is 32.8 Å². The van der Waals surface area contributed by atoms with Crippen LogP contribution >= 0.6 is 27.3 Å². The number of amides is 1. The van der Waals surface area contributed by atoms with Gasteiger partial charge in [0.15, 0.2) is 6.29 Å². The summed E-state index contributed by atoms with van der Waals surface area (Å²) in [6, 6.07) is 1.61. The van der Waals surface area contributed by atoms with E-state index in [9.17, 15) is 9.59 Å². The summed E-state index contributed by atoms with van der Waals surface area (Å²) >= 11 is 4.49. The molecule has 0 bridgehead atoms. The van der Waals surface area contributed by atoms with Gasteiger partial charge >= 0.3 is 0 Å². The van der Waals surface area contributed by atoms with Crippen LogP contribution in [0.2, 0.25) is 0 Å². The summed E-state index contributed by atoms with van der Waals surface area (Å²) in [5, 5.41) is 4.35. The van der Waals surface area contributed by atoms with Crippen LogP contribution in [0.3, 0.4) is 0 Å². The molecule has 1 aromatic heterocycles. The van der Waals surface area contributed by atoms with E-state index >= 15 is 0 Å². The van der Waals surface area contributed by atoms with Crippen LogP contribution in [0, 0.1) is 0 Å². The van der Waals surface area contributed by atoms with Crippen LogP contribution < -0.4 is 5.32 Å². The normalized spacial score (nSPS) is 12.1. The van der Waals surface area contributed by atoms with Crippen molar-refractivity contribution in [1.29, 1.82) is 0 Å². The maximum absolute atomic E-state index is 11.9. The van der Waals surface area contributed by atoms with E-state index in [-0.39, 0.29) is 11.6 Å². The molecule has 1 rings (SSSR count). The molecule has 94 valence electrons. The Morgan fingerprint density at radius 2 is 2.33 bits per heavy atom. The number of thiophene rings is 1. The van der Waals surface area contributed by atoms with Gasteiger partial charge in [-0.25, -0.2) is 0 Å².